The number of hydrogen-bond acceptors (Lipinski definition) is 2. The molecule has 3 nitrogen and oxygen atoms in total. The van der Waals surface area contributed by atoms with Gasteiger partial charge in [-0.05, 0) is 50.3 Å². The molecule has 2 aromatic rings. The third kappa shape index (κ3) is 3.56. The molecule has 0 radical (unpaired) electrons. The summed E-state index contributed by atoms with van der Waals surface area (Å²) in [5, 5.41) is 8.35. The molecule has 3 rings (SSSR count). The van der Waals surface area contributed by atoms with Crippen LogP contribution in [-0.4, -0.2) is 16.3 Å². The zero-order chi connectivity index (χ0) is 18.9. The van der Waals surface area contributed by atoms with Crippen molar-refractivity contribution < 1.29 is 13.2 Å². The van der Waals surface area contributed by atoms with E-state index >= 15 is 0 Å². The van der Waals surface area contributed by atoms with E-state index in [0.717, 1.165) is 67.9 Å². The van der Waals surface area contributed by atoms with Crippen LogP contribution in [0, 0.1) is 0 Å². The van der Waals surface area contributed by atoms with Gasteiger partial charge in [0.25, 0.3) is 0 Å². The van der Waals surface area contributed by atoms with Gasteiger partial charge in [-0.15, -0.1) is 0 Å². The maximum atomic E-state index is 13.2. The van der Waals surface area contributed by atoms with E-state index in [-0.39, 0.29) is 16.6 Å². The second kappa shape index (κ2) is 7.51. The molecular formula is C19H23ClF3N3. The molecule has 2 heterocycles. The highest BCUT2D eigenvalue weighted by Gasteiger charge is 2.32. The molecule has 0 spiro atoms. The maximum absolute atomic E-state index is 13.2. The fourth-order valence-corrected chi connectivity index (χ4v) is 3.76. The summed E-state index contributed by atoms with van der Waals surface area (Å²) in [6.45, 7) is 5.00. The molecule has 0 aliphatic carbocycles. The number of fused-ring (bicyclic) bond motifs is 1. The largest absolute Gasteiger partial charge is 0.416 e. The average Bonchev–Trinajstić information content (AvgIpc) is 2.78. The number of anilines is 1. The van der Waals surface area contributed by atoms with Crippen molar-refractivity contribution in [3.05, 3.63) is 40.0 Å². The van der Waals surface area contributed by atoms with Crippen LogP contribution < -0.4 is 5.32 Å². The van der Waals surface area contributed by atoms with Crippen molar-refractivity contribution in [1.29, 1.82) is 0 Å². The summed E-state index contributed by atoms with van der Waals surface area (Å²) in [4.78, 5) is 0. The summed E-state index contributed by atoms with van der Waals surface area (Å²) in [6.07, 6.45) is 0.398. The fraction of sp³-hybridized carbons (Fsp3) is 0.526. The minimum atomic E-state index is -4.42. The van der Waals surface area contributed by atoms with Crippen LogP contribution >= 0.6 is 11.6 Å². The number of aromatic nitrogens is 2. The smallest absolute Gasteiger partial charge is 0.370 e. The third-order valence-electron chi connectivity index (χ3n) is 5.03. The summed E-state index contributed by atoms with van der Waals surface area (Å²) >= 11 is 6.26. The number of hydrogen-bond donors (Lipinski definition) is 1. The van der Waals surface area contributed by atoms with Gasteiger partial charge in [0.15, 0.2) is 0 Å². The van der Waals surface area contributed by atoms with Gasteiger partial charge in [-0.3, -0.25) is 0 Å². The molecule has 1 N–H and O–H groups in total. The van der Waals surface area contributed by atoms with Gasteiger partial charge >= 0.3 is 6.18 Å². The predicted molar refractivity (Wildman–Crippen MR) is 98.3 cm³/mol. The Balaban J connectivity index is 2.19. The summed E-state index contributed by atoms with van der Waals surface area (Å²) in [5.41, 5.74) is 1.64. The van der Waals surface area contributed by atoms with Gasteiger partial charge in [0, 0.05) is 18.0 Å². The van der Waals surface area contributed by atoms with Crippen LogP contribution in [0.3, 0.4) is 0 Å². The number of nitrogens with zero attached hydrogens (tertiary/aromatic N) is 2. The lowest BCUT2D eigenvalue weighted by atomic mass is 9.94. The quantitative estimate of drug-likeness (QED) is 0.679. The summed E-state index contributed by atoms with van der Waals surface area (Å²) in [7, 11) is 0. The molecule has 1 aromatic heterocycles. The van der Waals surface area contributed by atoms with E-state index in [0.29, 0.717) is 0 Å². The Labute approximate surface area is 156 Å². The lowest BCUT2D eigenvalue weighted by molar-refractivity contribution is -0.137. The van der Waals surface area contributed by atoms with Crippen LogP contribution in [0.25, 0.3) is 5.69 Å². The molecule has 26 heavy (non-hydrogen) atoms. The number of halogens is 4. The van der Waals surface area contributed by atoms with E-state index in [1.807, 2.05) is 0 Å². The molecule has 0 saturated carbocycles. The number of rotatable bonds is 4. The van der Waals surface area contributed by atoms with Gasteiger partial charge in [-0.25, -0.2) is 4.68 Å². The molecule has 0 amide bonds. The second-order valence-corrected chi connectivity index (χ2v) is 7.09. The molecule has 142 valence electrons. The van der Waals surface area contributed by atoms with Crippen LogP contribution in [0.4, 0.5) is 19.0 Å². The highest BCUT2D eigenvalue weighted by Crippen LogP contribution is 2.38. The van der Waals surface area contributed by atoms with Crippen LogP contribution in [0.5, 0.6) is 0 Å². The Morgan fingerprint density at radius 1 is 1.23 bits per heavy atom. The average molecular weight is 386 g/mol. The van der Waals surface area contributed by atoms with E-state index in [2.05, 4.69) is 19.2 Å². The predicted octanol–water partition coefficient (Wildman–Crippen LogP) is 6.20. The molecule has 0 unspecified atom stereocenters. The first-order valence-corrected chi connectivity index (χ1v) is 9.47. The molecule has 7 heteroatoms. The van der Waals surface area contributed by atoms with Gasteiger partial charge in [0.05, 0.1) is 22.0 Å². The molecule has 1 aliphatic rings. The topological polar surface area (TPSA) is 29.9 Å². The highest BCUT2D eigenvalue weighted by molar-refractivity contribution is 6.32. The van der Waals surface area contributed by atoms with Crippen LogP contribution in [0.2, 0.25) is 5.02 Å². The molecule has 0 fully saturated rings. The minimum Gasteiger partial charge on any atom is -0.370 e. The first-order valence-electron chi connectivity index (χ1n) is 9.09. The Morgan fingerprint density at radius 3 is 2.62 bits per heavy atom. The molecule has 1 aromatic carbocycles. The van der Waals surface area contributed by atoms with Crippen LogP contribution in [0.15, 0.2) is 18.2 Å². The van der Waals surface area contributed by atoms with Gasteiger partial charge in [0.2, 0.25) is 0 Å². The Hall–Kier alpha value is -1.69. The number of alkyl halides is 3. The monoisotopic (exact) mass is 385 g/mol. The Bertz CT molecular complexity index is 779. The number of benzene rings is 1. The van der Waals surface area contributed by atoms with E-state index in [4.69, 9.17) is 16.7 Å². The third-order valence-corrected chi connectivity index (χ3v) is 5.35. The van der Waals surface area contributed by atoms with Crippen LogP contribution in [-0.2, 0) is 12.6 Å². The van der Waals surface area contributed by atoms with Crippen molar-refractivity contribution in [3.63, 3.8) is 0 Å². The van der Waals surface area contributed by atoms with Gasteiger partial charge < -0.3 is 5.32 Å². The van der Waals surface area contributed by atoms with E-state index in [1.165, 1.54) is 6.07 Å². The molecular weight excluding hydrogens is 363 g/mol. The zero-order valence-electron chi connectivity index (χ0n) is 15.0. The standard InChI is InChI=1S/C19H23ClF3N3/c1-3-12(4-2)17-14-7-5-6-10-24-18(14)26(25-17)16-11-13(19(21,22)23)8-9-15(16)20/h8-9,11-12,24H,3-7,10H2,1-2H3. The molecule has 0 atom stereocenters. The summed E-state index contributed by atoms with van der Waals surface area (Å²) < 4.78 is 41.1. The van der Waals surface area contributed by atoms with Crippen molar-refractivity contribution in [3.8, 4) is 5.69 Å². The normalized spacial score (nSPS) is 14.9. The first-order chi connectivity index (χ1) is 12.4. The van der Waals surface area contributed by atoms with Gasteiger partial charge in [0.1, 0.15) is 5.82 Å². The molecule has 0 saturated heterocycles. The van der Waals surface area contributed by atoms with Crippen molar-refractivity contribution in [2.45, 2.75) is 58.0 Å². The summed E-state index contributed by atoms with van der Waals surface area (Å²) in [5.74, 6) is 1.07. The van der Waals surface area contributed by atoms with Crippen molar-refractivity contribution in [2.24, 2.45) is 0 Å². The maximum Gasteiger partial charge on any atom is 0.416 e. The second-order valence-electron chi connectivity index (χ2n) is 6.69. The summed E-state index contributed by atoms with van der Waals surface area (Å²) in [6, 6.07) is 3.38. The van der Waals surface area contributed by atoms with E-state index in [1.54, 1.807) is 4.68 Å². The Kier molecular flexibility index (Phi) is 5.51. The van der Waals surface area contributed by atoms with Crippen molar-refractivity contribution in [2.75, 3.05) is 11.9 Å². The lowest BCUT2D eigenvalue weighted by Gasteiger charge is -2.13. The molecule has 0 bridgehead atoms. The lowest BCUT2D eigenvalue weighted by Crippen LogP contribution is -2.10. The highest BCUT2D eigenvalue weighted by atomic mass is 35.5. The molecule has 1 aliphatic heterocycles. The first kappa shape index (κ1) is 19.1. The van der Waals surface area contributed by atoms with E-state index in [9.17, 15) is 13.2 Å². The van der Waals surface area contributed by atoms with Gasteiger partial charge in [-0.2, -0.15) is 18.3 Å². The van der Waals surface area contributed by atoms with Crippen molar-refractivity contribution >= 4 is 17.4 Å². The number of nitrogens with one attached hydrogen (secondary N) is 1. The SMILES string of the molecule is CCC(CC)c1nn(-c2cc(C(F)(F)F)ccc2Cl)c2c1CCCCN2. The minimum absolute atomic E-state index is 0.255. The Morgan fingerprint density at radius 2 is 1.96 bits per heavy atom. The van der Waals surface area contributed by atoms with Crippen molar-refractivity contribution in [1.82, 2.24) is 9.78 Å². The van der Waals surface area contributed by atoms with E-state index < -0.39 is 11.7 Å². The fourth-order valence-electron chi connectivity index (χ4n) is 3.56. The van der Waals surface area contributed by atoms with Crippen LogP contribution in [0.1, 0.15) is 62.3 Å². The zero-order valence-corrected chi connectivity index (χ0v) is 15.7. The van der Waals surface area contributed by atoms with Gasteiger partial charge in [-0.1, -0.05) is 25.4 Å².